The van der Waals surface area contributed by atoms with Crippen LogP contribution in [0.4, 0.5) is 8.78 Å². The highest BCUT2D eigenvalue weighted by atomic mass is 19.1. The van der Waals surface area contributed by atoms with Crippen molar-refractivity contribution in [2.24, 2.45) is 0 Å². The van der Waals surface area contributed by atoms with Crippen LogP contribution in [0.5, 0.6) is 0 Å². The van der Waals surface area contributed by atoms with E-state index in [1.165, 1.54) is 12.1 Å². The molecule has 1 unspecified atom stereocenters. The van der Waals surface area contributed by atoms with Crippen molar-refractivity contribution in [2.75, 3.05) is 0 Å². The minimum Gasteiger partial charge on any atom is -0.304 e. The predicted octanol–water partition coefficient (Wildman–Crippen LogP) is 5.13. The van der Waals surface area contributed by atoms with Crippen LogP contribution in [0, 0.1) is 11.6 Å². The van der Waals surface area contributed by atoms with Crippen molar-refractivity contribution in [3.05, 3.63) is 95.8 Å². The van der Waals surface area contributed by atoms with Gasteiger partial charge in [-0.05, 0) is 25.1 Å². The first-order valence-electron chi connectivity index (χ1n) is 8.83. The Morgan fingerprint density at radius 3 is 2.56 bits per heavy atom. The molecule has 2 aromatic carbocycles. The molecule has 1 N–H and O–H groups in total. The maximum atomic E-state index is 14.1. The van der Waals surface area contributed by atoms with Gasteiger partial charge in [-0.1, -0.05) is 42.5 Å². The van der Waals surface area contributed by atoms with Crippen LogP contribution in [0.15, 0.2) is 72.9 Å². The van der Waals surface area contributed by atoms with E-state index in [4.69, 9.17) is 4.98 Å². The highest BCUT2D eigenvalue weighted by Crippen LogP contribution is 2.25. The molecule has 0 aliphatic heterocycles. The monoisotopic (exact) mass is 363 g/mol. The van der Waals surface area contributed by atoms with E-state index in [9.17, 15) is 8.78 Å². The van der Waals surface area contributed by atoms with Gasteiger partial charge in [0.15, 0.2) is 0 Å². The Hall–Kier alpha value is -3.05. The largest absolute Gasteiger partial charge is 0.304 e. The van der Waals surface area contributed by atoms with E-state index in [-0.39, 0.29) is 6.04 Å². The Morgan fingerprint density at radius 2 is 1.78 bits per heavy atom. The van der Waals surface area contributed by atoms with Crippen LogP contribution < -0.4 is 5.32 Å². The van der Waals surface area contributed by atoms with E-state index in [0.29, 0.717) is 12.1 Å². The SMILES string of the molecule is CC(NCc1c(-c2ccccc2)nc2ccccn12)c1ccc(F)cc1F. The molecule has 0 saturated carbocycles. The summed E-state index contributed by atoms with van der Waals surface area (Å²) in [6, 6.07) is 19.2. The van der Waals surface area contributed by atoms with Crippen LogP contribution in [-0.2, 0) is 6.54 Å². The van der Waals surface area contributed by atoms with Crippen molar-refractivity contribution in [1.82, 2.24) is 14.7 Å². The zero-order valence-corrected chi connectivity index (χ0v) is 14.9. The maximum absolute atomic E-state index is 14.1. The topological polar surface area (TPSA) is 29.3 Å². The fraction of sp³-hybridized carbons (Fsp3) is 0.136. The molecule has 2 heterocycles. The van der Waals surface area contributed by atoms with Crippen molar-refractivity contribution >= 4 is 5.65 Å². The fourth-order valence-corrected chi connectivity index (χ4v) is 3.26. The lowest BCUT2D eigenvalue weighted by atomic mass is 10.1. The Kier molecular flexibility index (Phi) is 4.69. The molecule has 0 radical (unpaired) electrons. The van der Waals surface area contributed by atoms with Crippen LogP contribution in [0.25, 0.3) is 16.9 Å². The maximum Gasteiger partial charge on any atom is 0.137 e. The molecule has 4 rings (SSSR count). The molecule has 27 heavy (non-hydrogen) atoms. The van der Waals surface area contributed by atoms with Crippen LogP contribution in [0.2, 0.25) is 0 Å². The Balaban J connectivity index is 1.67. The normalized spacial score (nSPS) is 12.4. The van der Waals surface area contributed by atoms with E-state index in [2.05, 4.69) is 5.32 Å². The summed E-state index contributed by atoms with van der Waals surface area (Å²) in [6.07, 6.45) is 1.97. The summed E-state index contributed by atoms with van der Waals surface area (Å²) < 4.78 is 29.3. The zero-order valence-electron chi connectivity index (χ0n) is 14.9. The Morgan fingerprint density at radius 1 is 1.00 bits per heavy atom. The number of halogens is 2. The second kappa shape index (κ2) is 7.29. The van der Waals surface area contributed by atoms with E-state index in [1.807, 2.05) is 66.1 Å². The first-order valence-corrected chi connectivity index (χ1v) is 8.83. The lowest BCUT2D eigenvalue weighted by Gasteiger charge is -2.16. The third kappa shape index (κ3) is 3.46. The number of nitrogens with zero attached hydrogens (tertiary/aromatic N) is 2. The van der Waals surface area contributed by atoms with Crippen molar-refractivity contribution < 1.29 is 8.78 Å². The molecule has 0 spiro atoms. The van der Waals surface area contributed by atoms with Gasteiger partial charge in [-0.25, -0.2) is 13.8 Å². The molecule has 136 valence electrons. The zero-order chi connectivity index (χ0) is 18.8. The number of nitrogens with one attached hydrogen (secondary N) is 1. The molecule has 0 aliphatic carbocycles. The molecule has 0 bridgehead atoms. The standard InChI is InChI=1S/C22H19F2N3/c1-15(18-11-10-17(23)13-19(18)24)25-14-20-22(16-7-3-2-4-8-16)26-21-9-5-6-12-27(20)21/h2-13,15,25H,14H2,1H3. The molecule has 0 amide bonds. The predicted molar refractivity (Wildman–Crippen MR) is 102 cm³/mol. The van der Waals surface area contributed by atoms with Crippen LogP contribution in [0.1, 0.15) is 24.2 Å². The summed E-state index contributed by atoms with van der Waals surface area (Å²) in [4.78, 5) is 4.76. The molecule has 5 heteroatoms. The highest BCUT2D eigenvalue weighted by molar-refractivity contribution is 5.66. The third-order valence-corrected chi connectivity index (χ3v) is 4.68. The van der Waals surface area contributed by atoms with Gasteiger partial charge in [0.2, 0.25) is 0 Å². The van der Waals surface area contributed by atoms with Gasteiger partial charge in [0.1, 0.15) is 17.3 Å². The number of hydrogen-bond acceptors (Lipinski definition) is 2. The van der Waals surface area contributed by atoms with Crippen molar-refractivity contribution in [2.45, 2.75) is 19.5 Å². The molecule has 3 nitrogen and oxygen atoms in total. The van der Waals surface area contributed by atoms with Crippen molar-refractivity contribution in [3.8, 4) is 11.3 Å². The third-order valence-electron chi connectivity index (χ3n) is 4.68. The van der Waals surface area contributed by atoms with E-state index in [0.717, 1.165) is 28.7 Å². The average Bonchev–Trinajstić information content (AvgIpc) is 3.05. The molecule has 2 aromatic heterocycles. The second-order valence-electron chi connectivity index (χ2n) is 6.47. The highest BCUT2D eigenvalue weighted by Gasteiger charge is 2.16. The minimum absolute atomic E-state index is 0.275. The van der Waals surface area contributed by atoms with E-state index in [1.54, 1.807) is 0 Å². The van der Waals surface area contributed by atoms with Gasteiger partial charge in [0.25, 0.3) is 0 Å². The van der Waals surface area contributed by atoms with Gasteiger partial charge >= 0.3 is 0 Å². The number of hydrogen-bond donors (Lipinski definition) is 1. The van der Waals surface area contributed by atoms with Crippen LogP contribution in [-0.4, -0.2) is 9.38 Å². The number of imidazole rings is 1. The lowest BCUT2D eigenvalue weighted by Crippen LogP contribution is -2.20. The van der Waals surface area contributed by atoms with Gasteiger partial charge < -0.3 is 9.72 Å². The quantitative estimate of drug-likeness (QED) is 0.533. The molecule has 1 atom stereocenters. The first kappa shape index (κ1) is 17.4. The number of benzene rings is 2. The fourth-order valence-electron chi connectivity index (χ4n) is 3.26. The van der Waals surface area contributed by atoms with Gasteiger partial charge in [-0.3, -0.25) is 0 Å². The molecular weight excluding hydrogens is 344 g/mol. The number of rotatable bonds is 5. The Bertz CT molecular complexity index is 1070. The van der Waals surface area contributed by atoms with Crippen LogP contribution in [0.3, 0.4) is 0 Å². The smallest absolute Gasteiger partial charge is 0.137 e. The average molecular weight is 363 g/mol. The van der Waals surface area contributed by atoms with Gasteiger partial charge in [-0.15, -0.1) is 0 Å². The molecule has 0 aliphatic rings. The van der Waals surface area contributed by atoms with Gasteiger partial charge in [0, 0.05) is 36.0 Å². The van der Waals surface area contributed by atoms with Crippen molar-refractivity contribution in [1.29, 1.82) is 0 Å². The first-order chi connectivity index (χ1) is 13.1. The summed E-state index contributed by atoms with van der Waals surface area (Å²) in [7, 11) is 0. The molecule has 0 saturated heterocycles. The second-order valence-corrected chi connectivity index (χ2v) is 6.47. The van der Waals surface area contributed by atoms with E-state index >= 15 is 0 Å². The summed E-state index contributed by atoms with van der Waals surface area (Å²) >= 11 is 0. The number of aromatic nitrogens is 2. The number of fused-ring (bicyclic) bond motifs is 1. The Labute approximate surface area is 156 Å². The van der Waals surface area contributed by atoms with Crippen LogP contribution >= 0.6 is 0 Å². The van der Waals surface area contributed by atoms with Gasteiger partial charge in [0.05, 0.1) is 11.4 Å². The van der Waals surface area contributed by atoms with Gasteiger partial charge in [-0.2, -0.15) is 0 Å². The lowest BCUT2D eigenvalue weighted by molar-refractivity contribution is 0.514. The minimum atomic E-state index is -0.573. The van der Waals surface area contributed by atoms with E-state index < -0.39 is 11.6 Å². The van der Waals surface area contributed by atoms with Crippen molar-refractivity contribution in [3.63, 3.8) is 0 Å². The molecule has 4 aromatic rings. The summed E-state index contributed by atoms with van der Waals surface area (Å²) in [6.45, 7) is 2.36. The molecular formula is C22H19F2N3. The number of pyridine rings is 1. The summed E-state index contributed by atoms with van der Waals surface area (Å²) in [5, 5.41) is 3.34. The summed E-state index contributed by atoms with van der Waals surface area (Å²) in [5.41, 5.74) is 4.20. The summed E-state index contributed by atoms with van der Waals surface area (Å²) in [5.74, 6) is -1.12. The molecule has 0 fully saturated rings.